The zero-order chi connectivity index (χ0) is 23.4. The molecule has 0 saturated heterocycles. The number of rotatable bonds is 0. The topological polar surface area (TPSA) is 13.1 Å². The third-order valence-electron chi connectivity index (χ3n) is 8.55. The molecule has 166 valence electrons. The van der Waals surface area contributed by atoms with Gasteiger partial charge in [-0.25, -0.2) is 0 Å². The highest BCUT2D eigenvalue weighted by molar-refractivity contribution is 6.08. The largest absolute Gasteiger partial charge is 0.456 e. The lowest BCUT2D eigenvalue weighted by Crippen LogP contribution is -2.40. The first-order valence-electron chi connectivity index (χ1n) is 12.4. The molecule has 1 aromatic heterocycles. The first-order chi connectivity index (χ1) is 17.1. The Balaban J connectivity index is 1.61. The second-order valence-electron chi connectivity index (χ2n) is 10.5. The fourth-order valence-corrected chi connectivity index (χ4v) is 7.08. The Morgan fingerprint density at radius 2 is 1.03 bits per heavy atom. The van der Waals surface area contributed by atoms with Gasteiger partial charge < -0.3 is 4.42 Å². The van der Waals surface area contributed by atoms with E-state index in [1.54, 1.807) is 0 Å². The number of para-hydroxylation sites is 1. The van der Waals surface area contributed by atoms with Crippen molar-refractivity contribution >= 4 is 21.9 Å². The van der Waals surface area contributed by atoms with E-state index >= 15 is 0 Å². The smallest absolute Gasteiger partial charge is 0.135 e. The predicted octanol–water partition coefficient (Wildman–Crippen LogP) is 8.59. The molecule has 8 rings (SSSR count). The predicted molar refractivity (Wildman–Crippen MR) is 143 cm³/mol. The minimum absolute atomic E-state index is 0.0837. The van der Waals surface area contributed by atoms with Crippen molar-refractivity contribution in [3.05, 3.63) is 143 Å². The summed E-state index contributed by atoms with van der Waals surface area (Å²) in [5, 5.41) is 2.36. The summed E-state index contributed by atoms with van der Waals surface area (Å²) in [5.74, 6) is 0. The van der Waals surface area contributed by atoms with Crippen LogP contribution in [0, 0.1) is 0 Å². The van der Waals surface area contributed by atoms with E-state index in [0.717, 1.165) is 11.2 Å². The molecular weight excluding hydrogens is 424 g/mol. The van der Waals surface area contributed by atoms with Crippen LogP contribution in [-0.4, -0.2) is 0 Å². The van der Waals surface area contributed by atoms with Gasteiger partial charge in [0.25, 0.3) is 0 Å². The van der Waals surface area contributed by atoms with Crippen molar-refractivity contribution in [3.8, 4) is 11.1 Å². The van der Waals surface area contributed by atoms with Gasteiger partial charge >= 0.3 is 0 Å². The minimum Gasteiger partial charge on any atom is -0.456 e. The van der Waals surface area contributed by atoms with Gasteiger partial charge in [0.1, 0.15) is 11.2 Å². The molecule has 1 nitrogen and oxygen atoms in total. The van der Waals surface area contributed by atoms with E-state index in [9.17, 15) is 0 Å². The van der Waals surface area contributed by atoms with E-state index in [4.69, 9.17) is 4.42 Å². The van der Waals surface area contributed by atoms with Crippen LogP contribution in [0.4, 0.5) is 0 Å². The number of benzene rings is 5. The summed E-state index contributed by atoms with van der Waals surface area (Å²) in [5.41, 5.74) is 12.3. The van der Waals surface area contributed by atoms with Crippen LogP contribution < -0.4 is 0 Å². The molecule has 1 heteroatoms. The fraction of sp³-hybridized carbons (Fsp3) is 0.118. The molecule has 0 radical (unpaired) electrons. The van der Waals surface area contributed by atoms with Crippen LogP contribution in [0.5, 0.6) is 0 Å². The zero-order valence-corrected chi connectivity index (χ0v) is 19.8. The molecule has 0 aliphatic heterocycles. The Morgan fingerprint density at radius 1 is 0.457 bits per heavy atom. The minimum atomic E-state index is -0.373. The lowest BCUT2D eigenvalue weighted by Gasteiger charge is -2.46. The molecule has 0 bridgehead atoms. The average Bonchev–Trinajstić information content (AvgIpc) is 3.40. The van der Waals surface area contributed by atoms with Crippen molar-refractivity contribution in [3.63, 3.8) is 0 Å². The van der Waals surface area contributed by atoms with E-state index < -0.39 is 0 Å². The molecule has 1 heterocycles. The Labute approximate surface area is 204 Å². The highest BCUT2D eigenvalue weighted by Crippen LogP contribution is 2.62. The second kappa shape index (κ2) is 6.31. The van der Waals surface area contributed by atoms with Gasteiger partial charge in [0.2, 0.25) is 0 Å². The molecule has 1 spiro atoms. The maximum absolute atomic E-state index is 6.43. The first kappa shape index (κ1) is 19.2. The Bertz CT molecular complexity index is 1780. The molecule has 2 aliphatic rings. The normalized spacial score (nSPS) is 16.2. The molecular formula is C34H24O. The zero-order valence-electron chi connectivity index (χ0n) is 19.8. The lowest BCUT2D eigenvalue weighted by molar-refractivity contribution is 0.563. The van der Waals surface area contributed by atoms with Crippen molar-refractivity contribution in [1.29, 1.82) is 0 Å². The van der Waals surface area contributed by atoms with Gasteiger partial charge in [0.05, 0.1) is 5.41 Å². The summed E-state index contributed by atoms with van der Waals surface area (Å²) < 4.78 is 6.43. The number of hydrogen-bond donors (Lipinski definition) is 0. The maximum atomic E-state index is 6.43. The summed E-state index contributed by atoms with van der Waals surface area (Å²) in [6.07, 6.45) is 0. The molecule has 0 saturated carbocycles. The van der Waals surface area contributed by atoms with Crippen molar-refractivity contribution in [2.45, 2.75) is 24.7 Å². The van der Waals surface area contributed by atoms with Gasteiger partial charge in [-0.15, -0.1) is 0 Å². The van der Waals surface area contributed by atoms with Crippen molar-refractivity contribution in [2.75, 3.05) is 0 Å². The van der Waals surface area contributed by atoms with Gasteiger partial charge in [-0.05, 0) is 62.7 Å². The second-order valence-corrected chi connectivity index (χ2v) is 10.5. The standard InChI is InChI=1S/C34H24O/c1-33(2)26-14-6-8-16-28(26)34(29-17-9-7-15-27(29)33)25-13-5-3-11-21(25)23-19-24-22-12-4-10-18-31(22)35-32(24)20-30(23)34/h3-20H,1-2H3. The van der Waals surface area contributed by atoms with Crippen LogP contribution in [0.25, 0.3) is 33.1 Å². The Morgan fingerprint density at radius 3 is 1.74 bits per heavy atom. The van der Waals surface area contributed by atoms with Crippen LogP contribution in [0.2, 0.25) is 0 Å². The quantitative estimate of drug-likeness (QED) is 0.226. The first-order valence-corrected chi connectivity index (χ1v) is 12.4. The molecule has 2 aliphatic carbocycles. The number of hydrogen-bond acceptors (Lipinski definition) is 1. The van der Waals surface area contributed by atoms with Gasteiger partial charge in [-0.1, -0.05) is 105 Å². The highest BCUT2D eigenvalue weighted by Gasteiger charge is 2.53. The molecule has 0 atom stereocenters. The van der Waals surface area contributed by atoms with Crippen LogP contribution in [0.1, 0.15) is 47.2 Å². The Hall–Kier alpha value is -4.10. The van der Waals surface area contributed by atoms with E-state index in [-0.39, 0.29) is 10.8 Å². The summed E-state index contributed by atoms with van der Waals surface area (Å²) in [4.78, 5) is 0. The summed E-state index contributed by atoms with van der Waals surface area (Å²) in [6.45, 7) is 4.73. The van der Waals surface area contributed by atoms with Gasteiger partial charge in [0.15, 0.2) is 0 Å². The fourth-order valence-electron chi connectivity index (χ4n) is 7.08. The monoisotopic (exact) mass is 448 g/mol. The summed E-state index contributed by atoms with van der Waals surface area (Å²) in [6, 6.07) is 40.2. The van der Waals surface area contributed by atoms with E-state index in [2.05, 4.69) is 117 Å². The molecule has 0 unspecified atom stereocenters. The van der Waals surface area contributed by atoms with Crippen molar-refractivity contribution in [1.82, 2.24) is 0 Å². The lowest BCUT2D eigenvalue weighted by atomic mass is 9.55. The third-order valence-corrected chi connectivity index (χ3v) is 8.55. The van der Waals surface area contributed by atoms with Gasteiger partial charge in [-0.2, -0.15) is 0 Å². The molecule has 35 heavy (non-hydrogen) atoms. The molecule has 0 N–H and O–H groups in total. The Kier molecular flexibility index (Phi) is 3.47. The van der Waals surface area contributed by atoms with E-state index in [1.807, 2.05) is 6.07 Å². The van der Waals surface area contributed by atoms with Crippen LogP contribution in [0.15, 0.2) is 114 Å². The third kappa shape index (κ3) is 2.16. The molecule has 6 aromatic rings. The van der Waals surface area contributed by atoms with Crippen molar-refractivity contribution in [2.24, 2.45) is 0 Å². The van der Waals surface area contributed by atoms with Crippen LogP contribution in [-0.2, 0) is 10.8 Å². The van der Waals surface area contributed by atoms with Crippen molar-refractivity contribution < 1.29 is 4.42 Å². The summed E-state index contributed by atoms with van der Waals surface area (Å²) in [7, 11) is 0. The molecule has 0 fully saturated rings. The maximum Gasteiger partial charge on any atom is 0.135 e. The van der Waals surface area contributed by atoms with Crippen LogP contribution >= 0.6 is 0 Å². The highest BCUT2D eigenvalue weighted by atomic mass is 16.3. The van der Waals surface area contributed by atoms with E-state index in [0.29, 0.717) is 0 Å². The summed E-state index contributed by atoms with van der Waals surface area (Å²) >= 11 is 0. The van der Waals surface area contributed by atoms with Crippen LogP contribution in [0.3, 0.4) is 0 Å². The number of fused-ring (bicyclic) bond motifs is 12. The molecule has 5 aromatic carbocycles. The number of furan rings is 1. The van der Waals surface area contributed by atoms with E-state index in [1.165, 1.54) is 55.3 Å². The van der Waals surface area contributed by atoms with Gasteiger partial charge in [0, 0.05) is 16.2 Å². The van der Waals surface area contributed by atoms with Gasteiger partial charge in [-0.3, -0.25) is 0 Å². The molecule has 0 amide bonds. The average molecular weight is 449 g/mol. The SMILES string of the molecule is CC1(C)c2ccccc2C2(c3ccccc3-c3cc4c(cc32)oc2ccccc24)c2ccccc21.